The van der Waals surface area contributed by atoms with Crippen molar-refractivity contribution in [2.24, 2.45) is 0 Å². The number of halogens is 1. The molecule has 150 valence electrons. The maximum absolute atomic E-state index is 13.2. The Bertz CT molecular complexity index is 1090. The monoisotopic (exact) mass is 430 g/mol. The highest BCUT2D eigenvalue weighted by Crippen LogP contribution is 2.26. The predicted molar refractivity (Wildman–Crippen MR) is 114 cm³/mol. The van der Waals surface area contributed by atoms with Crippen molar-refractivity contribution in [3.63, 3.8) is 0 Å². The van der Waals surface area contributed by atoms with Crippen LogP contribution >= 0.6 is 11.6 Å². The van der Waals surface area contributed by atoms with Crippen molar-refractivity contribution in [3.8, 4) is 5.75 Å². The van der Waals surface area contributed by atoms with Crippen molar-refractivity contribution in [2.45, 2.75) is 4.90 Å². The standard InChI is InChI=1S/C21H19ClN2O4S/c1-28-19-12-10-17(11-13-19)23-21(25)15-24(18-7-5-6-16(22)14-18)29(26,27)20-8-3-2-4-9-20/h2-14H,15H2,1H3,(H,23,25). The van der Waals surface area contributed by atoms with E-state index in [0.717, 1.165) is 4.31 Å². The summed E-state index contributed by atoms with van der Waals surface area (Å²) in [5, 5.41) is 3.07. The first-order valence-corrected chi connectivity index (χ1v) is 10.5. The number of nitrogens with one attached hydrogen (secondary N) is 1. The first-order valence-electron chi connectivity index (χ1n) is 8.67. The van der Waals surface area contributed by atoms with Crippen LogP contribution in [0.1, 0.15) is 0 Å². The zero-order chi connectivity index (χ0) is 20.9. The number of anilines is 2. The third kappa shape index (κ3) is 5.07. The van der Waals surface area contributed by atoms with Gasteiger partial charge in [-0.25, -0.2) is 8.42 Å². The largest absolute Gasteiger partial charge is 0.497 e. The van der Waals surface area contributed by atoms with Gasteiger partial charge in [-0.2, -0.15) is 0 Å². The smallest absolute Gasteiger partial charge is 0.264 e. The van der Waals surface area contributed by atoms with Crippen LogP contribution in [0, 0.1) is 0 Å². The van der Waals surface area contributed by atoms with Gasteiger partial charge in [0.25, 0.3) is 10.0 Å². The quantitative estimate of drug-likeness (QED) is 0.610. The second-order valence-electron chi connectivity index (χ2n) is 6.08. The molecule has 0 unspecified atom stereocenters. The number of carbonyl (C=O) groups excluding carboxylic acids is 1. The lowest BCUT2D eigenvalue weighted by Crippen LogP contribution is -2.38. The van der Waals surface area contributed by atoms with Gasteiger partial charge in [0.15, 0.2) is 0 Å². The number of carbonyl (C=O) groups is 1. The van der Waals surface area contributed by atoms with Gasteiger partial charge in [0.1, 0.15) is 12.3 Å². The third-order valence-corrected chi connectivity index (χ3v) is 6.11. The van der Waals surface area contributed by atoms with Crippen molar-refractivity contribution < 1.29 is 17.9 Å². The highest BCUT2D eigenvalue weighted by Gasteiger charge is 2.27. The first kappa shape index (κ1) is 20.7. The topological polar surface area (TPSA) is 75.7 Å². The fourth-order valence-corrected chi connectivity index (χ4v) is 4.29. The van der Waals surface area contributed by atoms with Gasteiger partial charge in [-0.15, -0.1) is 0 Å². The Morgan fingerprint density at radius 1 is 1.00 bits per heavy atom. The molecule has 8 heteroatoms. The van der Waals surface area contributed by atoms with Gasteiger partial charge >= 0.3 is 0 Å². The third-order valence-electron chi connectivity index (χ3n) is 4.09. The molecule has 3 rings (SSSR count). The van der Waals surface area contributed by atoms with Crippen molar-refractivity contribution in [2.75, 3.05) is 23.3 Å². The van der Waals surface area contributed by atoms with E-state index in [9.17, 15) is 13.2 Å². The van der Waals surface area contributed by atoms with E-state index in [1.54, 1.807) is 67.8 Å². The molecule has 3 aromatic rings. The van der Waals surface area contributed by atoms with E-state index in [0.29, 0.717) is 22.1 Å². The molecule has 1 N–H and O–H groups in total. The van der Waals surface area contributed by atoms with Crippen LogP contribution < -0.4 is 14.4 Å². The average Bonchev–Trinajstić information content (AvgIpc) is 2.73. The summed E-state index contributed by atoms with van der Waals surface area (Å²) in [6.07, 6.45) is 0. The van der Waals surface area contributed by atoms with Crippen LogP contribution in [0.25, 0.3) is 0 Å². The summed E-state index contributed by atoms with van der Waals surface area (Å²) in [5.74, 6) is 0.157. The number of nitrogens with zero attached hydrogens (tertiary/aromatic N) is 1. The van der Waals surface area contributed by atoms with E-state index in [1.807, 2.05) is 0 Å². The molecule has 1 amide bonds. The number of sulfonamides is 1. The van der Waals surface area contributed by atoms with E-state index < -0.39 is 22.5 Å². The Labute approximate surface area is 174 Å². The number of ether oxygens (including phenoxy) is 1. The van der Waals surface area contributed by atoms with Crippen molar-refractivity contribution in [1.82, 2.24) is 0 Å². The molecule has 0 aliphatic heterocycles. The SMILES string of the molecule is COc1ccc(NC(=O)CN(c2cccc(Cl)c2)S(=O)(=O)c2ccccc2)cc1. The van der Waals surface area contributed by atoms with Crippen LogP contribution in [-0.4, -0.2) is 28.0 Å². The van der Waals surface area contributed by atoms with Gasteiger partial charge in [0.05, 0.1) is 17.7 Å². The Balaban J connectivity index is 1.90. The van der Waals surface area contributed by atoms with Crippen molar-refractivity contribution in [3.05, 3.63) is 83.9 Å². The van der Waals surface area contributed by atoms with E-state index >= 15 is 0 Å². The molecule has 0 saturated carbocycles. The van der Waals surface area contributed by atoms with Crippen LogP contribution in [0.3, 0.4) is 0 Å². The lowest BCUT2D eigenvalue weighted by atomic mass is 10.3. The second kappa shape index (κ2) is 8.98. The van der Waals surface area contributed by atoms with Crippen molar-refractivity contribution in [1.29, 1.82) is 0 Å². The van der Waals surface area contributed by atoms with Gasteiger partial charge in [-0.1, -0.05) is 35.9 Å². The number of amides is 1. The number of benzene rings is 3. The molecule has 0 aliphatic carbocycles. The summed E-state index contributed by atoms with van der Waals surface area (Å²) in [7, 11) is -2.43. The molecular weight excluding hydrogens is 412 g/mol. The lowest BCUT2D eigenvalue weighted by Gasteiger charge is -2.24. The minimum atomic E-state index is -3.98. The van der Waals surface area contributed by atoms with Crippen LogP contribution in [0.5, 0.6) is 5.75 Å². The first-order chi connectivity index (χ1) is 13.9. The van der Waals surface area contributed by atoms with Gasteiger partial charge in [0.2, 0.25) is 5.91 Å². The van der Waals surface area contributed by atoms with Gasteiger partial charge < -0.3 is 10.1 Å². The maximum atomic E-state index is 13.2. The second-order valence-corrected chi connectivity index (χ2v) is 8.38. The Morgan fingerprint density at radius 3 is 2.31 bits per heavy atom. The predicted octanol–water partition coefficient (Wildman–Crippen LogP) is 4.18. The highest BCUT2D eigenvalue weighted by atomic mass is 35.5. The maximum Gasteiger partial charge on any atom is 0.264 e. The number of rotatable bonds is 7. The van der Waals surface area contributed by atoms with Crippen LogP contribution in [0.2, 0.25) is 5.02 Å². The lowest BCUT2D eigenvalue weighted by molar-refractivity contribution is -0.114. The normalized spacial score (nSPS) is 11.0. The molecule has 0 spiro atoms. The molecule has 0 heterocycles. The molecule has 0 aromatic heterocycles. The Kier molecular flexibility index (Phi) is 6.41. The molecule has 0 atom stereocenters. The summed E-state index contributed by atoms with van der Waals surface area (Å²) >= 11 is 6.05. The Hall–Kier alpha value is -3.03. The van der Waals surface area contributed by atoms with Gasteiger partial charge in [-0.3, -0.25) is 9.10 Å². The minimum Gasteiger partial charge on any atom is -0.497 e. The zero-order valence-corrected chi connectivity index (χ0v) is 17.2. The number of hydrogen-bond donors (Lipinski definition) is 1. The molecule has 29 heavy (non-hydrogen) atoms. The summed E-state index contributed by atoms with van der Waals surface area (Å²) in [6, 6.07) is 21.0. The summed E-state index contributed by atoms with van der Waals surface area (Å²) < 4.78 is 32.5. The molecule has 0 bridgehead atoms. The van der Waals surface area contributed by atoms with Crippen LogP contribution in [0.15, 0.2) is 83.8 Å². The fourth-order valence-electron chi connectivity index (χ4n) is 2.67. The number of hydrogen-bond acceptors (Lipinski definition) is 4. The molecule has 0 saturated heterocycles. The summed E-state index contributed by atoms with van der Waals surface area (Å²) in [5.41, 5.74) is 0.824. The highest BCUT2D eigenvalue weighted by molar-refractivity contribution is 7.92. The fraction of sp³-hybridized carbons (Fsp3) is 0.0952. The molecule has 0 fully saturated rings. The van der Waals surface area contributed by atoms with Crippen molar-refractivity contribution >= 4 is 38.9 Å². The Morgan fingerprint density at radius 2 is 1.69 bits per heavy atom. The summed E-state index contributed by atoms with van der Waals surface area (Å²) in [4.78, 5) is 12.7. The molecule has 3 aromatic carbocycles. The van der Waals surface area contributed by atoms with E-state index in [4.69, 9.17) is 16.3 Å². The number of methoxy groups -OCH3 is 1. The zero-order valence-electron chi connectivity index (χ0n) is 15.6. The van der Waals surface area contributed by atoms with Gasteiger partial charge in [0, 0.05) is 10.7 Å². The average molecular weight is 431 g/mol. The minimum absolute atomic E-state index is 0.0808. The van der Waals surface area contributed by atoms with E-state index in [1.165, 1.54) is 18.2 Å². The molecule has 0 aliphatic rings. The molecular formula is C21H19ClN2O4S. The molecule has 6 nitrogen and oxygen atoms in total. The van der Waals surface area contributed by atoms with Gasteiger partial charge in [-0.05, 0) is 54.6 Å². The van der Waals surface area contributed by atoms with Crippen LogP contribution in [-0.2, 0) is 14.8 Å². The van der Waals surface area contributed by atoms with E-state index in [-0.39, 0.29) is 4.90 Å². The van der Waals surface area contributed by atoms with Crippen LogP contribution in [0.4, 0.5) is 11.4 Å². The summed E-state index contributed by atoms with van der Waals surface area (Å²) in [6.45, 7) is -0.413. The molecule has 0 radical (unpaired) electrons. The van der Waals surface area contributed by atoms with E-state index in [2.05, 4.69) is 5.32 Å².